The van der Waals surface area contributed by atoms with Crippen LogP contribution in [0.4, 0.5) is 0 Å². The van der Waals surface area contributed by atoms with Gasteiger partial charge in [0.1, 0.15) is 5.82 Å². The van der Waals surface area contributed by atoms with Crippen molar-refractivity contribution >= 4 is 32.7 Å². The monoisotopic (exact) mass is 763 g/mol. The maximum absolute atomic E-state index is 5.47. The van der Waals surface area contributed by atoms with Crippen molar-refractivity contribution in [3.05, 3.63) is 247 Å². The lowest BCUT2D eigenvalue weighted by molar-refractivity contribution is 0.769. The minimum atomic E-state index is -0.487. The van der Waals surface area contributed by atoms with E-state index in [1.165, 1.54) is 38.8 Å². The molecule has 12 rings (SSSR count). The summed E-state index contributed by atoms with van der Waals surface area (Å²) in [5.74, 6) is 0.923. The highest BCUT2D eigenvalue weighted by Gasteiger charge is 2.46. The zero-order valence-electron chi connectivity index (χ0n) is 32.7. The van der Waals surface area contributed by atoms with E-state index in [0.29, 0.717) is 0 Å². The first-order chi connectivity index (χ1) is 29.8. The first-order valence-electron chi connectivity index (χ1n) is 20.6. The number of hydrogen-bond acceptors (Lipinski definition) is 2. The minimum absolute atomic E-state index is 0.487. The van der Waals surface area contributed by atoms with Gasteiger partial charge in [0.05, 0.1) is 27.7 Å². The Morgan fingerprint density at radius 1 is 0.350 bits per heavy atom. The van der Waals surface area contributed by atoms with E-state index in [2.05, 4.69) is 223 Å². The Hall–Kier alpha value is -7.88. The van der Waals surface area contributed by atoms with Gasteiger partial charge in [0.15, 0.2) is 0 Å². The smallest absolute Gasteiger partial charge is 0.145 e. The van der Waals surface area contributed by atoms with Gasteiger partial charge in [-0.15, -0.1) is 0 Å². The van der Waals surface area contributed by atoms with Crippen molar-refractivity contribution in [2.45, 2.75) is 5.41 Å². The average Bonchev–Trinajstić information content (AvgIpc) is 3.86. The van der Waals surface area contributed by atoms with Gasteiger partial charge in [-0.2, -0.15) is 0 Å². The van der Waals surface area contributed by atoms with Crippen molar-refractivity contribution < 1.29 is 0 Å². The van der Waals surface area contributed by atoms with Crippen LogP contribution in [0, 0.1) is 0 Å². The molecule has 0 atom stereocenters. The summed E-state index contributed by atoms with van der Waals surface area (Å²) in [4.78, 5) is 10.6. The van der Waals surface area contributed by atoms with E-state index in [1.807, 2.05) is 6.07 Å². The maximum Gasteiger partial charge on any atom is 0.145 e. The molecule has 0 saturated heterocycles. The molecule has 0 radical (unpaired) electrons. The van der Waals surface area contributed by atoms with E-state index >= 15 is 0 Å². The van der Waals surface area contributed by atoms with Gasteiger partial charge >= 0.3 is 0 Å². The van der Waals surface area contributed by atoms with Crippen LogP contribution in [0.15, 0.2) is 224 Å². The highest BCUT2D eigenvalue weighted by atomic mass is 15.1. The number of imidazole rings is 1. The summed E-state index contributed by atoms with van der Waals surface area (Å²) in [6, 6.07) is 81.0. The Morgan fingerprint density at radius 2 is 0.950 bits per heavy atom. The summed E-state index contributed by atoms with van der Waals surface area (Å²) in [5, 5.41) is 3.49. The lowest BCUT2D eigenvalue weighted by Gasteiger charge is -2.34. The van der Waals surface area contributed by atoms with Crippen LogP contribution < -0.4 is 0 Å². The zero-order chi connectivity index (χ0) is 39.6. The van der Waals surface area contributed by atoms with Crippen LogP contribution in [0.3, 0.4) is 0 Å². The van der Waals surface area contributed by atoms with Crippen molar-refractivity contribution in [2.75, 3.05) is 0 Å². The van der Waals surface area contributed by atoms with E-state index in [-0.39, 0.29) is 0 Å². The molecule has 0 saturated carbocycles. The molecule has 0 aliphatic heterocycles. The van der Waals surface area contributed by atoms with Gasteiger partial charge in [-0.25, -0.2) is 9.97 Å². The molecule has 0 fully saturated rings. The third kappa shape index (κ3) is 5.16. The van der Waals surface area contributed by atoms with Gasteiger partial charge in [0.2, 0.25) is 0 Å². The van der Waals surface area contributed by atoms with E-state index in [1.54, 1.807) is 0 Å². The molecule has 280 valence electrons. The second-order valence-corrected chi connectivity index (χ2v) is 15.7. The van der Waals surface area contributed by atoms with Crippen LogP contribution in [0.1, 0.15) is 22.3 Å². The predicted molar refractivity (Wildman–Crippen MR) is 247 cm³/mol. The Bertz CT molecular complexity index is 3380. The molecule has 0 unspecified atom stereocenters. The van der Waals surface area contributed by atoms with Crippen molar-refractivity contribution in [2.24, 2.45) is 0 Å². The molecule has 2 heterocycles. The van der Waals surface area contributed by atoms with Gasteiger partial charge in [0.25, 0.3) is 0 Å². The van der Waals surface area contributed by atoms with Crippen molar-refractivity contribution in [1.29, 1.82) is 0 Å². The highest BCUT2D eigenvalue weighted by Crippen LogP contribution is 2.57. The number of para-hydroxylation sites is 3. The summed E-state index contributed by atoms with van der Waals surface area (Å²) in [6.07, 6.45) is 0. The first kappa shape index (κ1) is 34.2. The van der Waals surface area contributed by atoms with Crippen LogP contribution in [0.25, 0.3) is 83.3 Å². The summed E-state index contributed by atoms with van der Waals surface area (Å²) < 4.78 is 2.28. The van der Waals surface area contributed by atoms with E-state index in [0.717, 1.165) is 66.8 Å². The van der Waals surface area contributed by atoms with Gasteiger partial charge in [-0.1, -0.05) is 176 Å². The molecule has 3 heteroatoms. The fourth-order valence-corrected chi connectivity index (χ4v) is 9.85. The summed E-state index contributed by atoms with van der Waals surface area (Å²) in [7, 11) is 0. The fourth-order valence-electron chi connectivity index (χ4n) is 9.85. The summed E-state index contributed by atoms with van der Waals surface area (Å²) in [5.41, 5.74) is 16.6. The van der Waals surface area contributed by atoms with Crippen LogP contribution in [0.2, 0.25) is 0 Å². The average molecular weight is 764 g/mol. The third-order valence-electron chi connectivity index (χ3n) is 12.4. The third-order valence-corrected chi connectivity index (χ3v) is 12.4. The summed E-state index contributed by atoms with van der Waals surface area (Å²) in [6.45, 7) is 0. The van der Waals surface area contributed by atoms with E-state index < -0.39 is 5.41 Å². The standard InChI is InChI=1S/C57H37N3/c1-4-18-38(19-5-1)56-59-53-32-14-15-33-54(53)60(56)44-27-17-21-40(35-44)39-20-16-22-41(34-39)55-49-36-48-45-28-10-12-30-50(45)57(42-23-6-2-7-24-42,43-25-8-3-9-26-43)51(48)37-47(49)46-29-11-13-31-52(46)58-55/h1-37H. The molecule has 2 aromatic heterocycles. The number of fused-ring (bicyclic) bond motifs is 7. The highest BCUT2D eigenvalue weighted by molar-refractivity contribution is 6.13. The largest absolute Gasteiger partial charge is 0.292 e. The van der Waals surface area contributed by atoms with Gasteiger partial charge in [0, 0.05) is 27.6 Å². The van der Waals surface area contributed by atoms with Crippen LogP contribution in [-0.4, -0.2) is 14.5 Å². The van der Waals surface area contributed by atoms with Crippen molar-refractivity contribution in [1.82, 2.24) is 14.5 Å². The molecular weight excluding hydrogens is 727 g/mol. The lowest BCUT2D eigenvalue weighted by atomic mass is 9.67. The molecule has 9 aromatic carbocycles. The predicted octanol–water partition coefficient (Wildman–Crippen LogP) is 14.1. The van der Waals surface area contributed by atoms with Crippen LogP contribution in [0.5, 0.6) is 0 Å². The van der Waals surface area contributed by atoms with Crippen LogP contribution in [-0.2, 0) is 5.41 Å². The lowest BCUT2D eigenvalue weighted by Crippen LogP contribution is -2.28. The Labute approximate surface area is 348 Å². The molecule has 11 aromatic rings. The number of aromatic nitrogens is 3. The van der Waals surface area contributed by atoms with Gasteiger partial charge in [-0.3, -0.25) is 4.57 Å². The van der Waals surface area contributed by atoms with Gasteiger partial charge < -0.3 is 0 Å². The molecule has 3 nitrogen and oxygen atoms in total. The number of nitrogens with zero attached hydrogens (tertiary/aromatic N) is 3. The summed E-state index contributed by atoms with van der Waals surface area (Å²) >= 11 is 0. The number of hydrogen-bond donors (Lipinski definition) is 0. The molecule has 1 aliphatic carbocycles. The Morgan fingerprint density at radius 3 is 1.73 bits per heavy atom. The maximum atomic E-state index is 5.47. The second-order valence-electron chi connectivity index (χ2n) is 15.7. The Balaban J connectivity index is 1.07. The zero-order valence-corrected chi connectivity index (χ0v) is 32.7. The molecular formula is C57H37N3. The molecule has 0 spiro atoms. The quantitative estimate of drug-likeness (QED) is 0.158. The SMILES string of the molecule is c1ccc(-c2nc3ccccc3n2-c2cccc(-c3cccc(-c4nc5ccccc5c5cc6c(cc45)-c4ccccc4C6(c4ccccc4)c4ccccc4)c3)c2)cc1. The number of benzene rings is 9. The Kier molecular flexibility index (Phi) is 7.76. The van der Waals surface area contributed by atoms with E-state index in [9.17, 15) is 0 Å². The van der Waals surface area contributed by atoms with E-state index in [4.69, 9.17) is 9.97 Å². The molecule has 0 N–H and O–H groups in total. The normalized spacial score (nSPS) is 12.8. The van der Waals surface area contributed by atoms with Crippen LogP contribution >= 0.6 is 0 Å². The minimum Gasteiger partial charge on any atom is -0.292 e. The van der Waals surface area contributed by atoms with Crippen molar-refractivity contribution in [3.63, 3.8) is 0 Å². The topological polar surface area (TPSA) is 30.7 Å². The second kappa shape index (κ2) is 13.6. The first-order valence-corrected chi connectivity index (χ1v) is 20.6. The molecule has 1 aliphatic rings. The molecule has 60 heavy (non-hydrogen) atoms. The molecule has 0 amide bonds. The fraction of sp³-hybridized carbons (Fsp3) is 0.0175. The van der Waals surface area contributed by atoms with Gasteiger partial charge in [-0.05, 0) is 98.4 Å². The molecule has 0 bridgehead atoms. The number of rotatable bonds is 6. The van der Waals surface area contributed by atoms with Crippen molar-refractivity contribution in [3.8, 4) is 50.6 Å². The number of pyridine rings is 1.